The van der Waals surface area contributed by atoms with Crippen molar-refractivity contribution >= 4 is 11.9 Å². The number of hydrogen-bond donors (Lipinski definition) is 1. The molecule has 0 spiro atoms. The molecule has 0 saturated heterocycles. The van der Waals surface area contributed by atoms with Crippen LogP contribution in [0.4, 0.5) is 0 Å². The minimum atomic E-state index is -1.48. The first-order chi connectivity index (χ1) is 5.63. The number of carboxylic acid groups (broad SMARTS) is 2. The number of rotatable bonds is 2. The summed E-state index contributed by atoms with van der Waals surface area (Å²) in [6.07, 6.45) is 0. The molecule has 1 aromatic carbocycles. The fraction of sp³-hybridized carbons (Fsp3) is 0. The van der Waals surface area contributed by atoms with Gasteiger partial charge in [0.15, 0.2) is 0 Å². The quantitative estimate of drug-likeness (QED) is 0.486. The number of carboxylic acids is 2. The third-order valence-corrected chi connectivity index (χ3v) is 1.38. The Bertz CT molecular complexity index is 305. The monoisotopic (exact) mass is 208 g/mol. The van der Waals surface area contributed by atoms with Gasteiger partial charge in [-0.3, -0.25) is 0 Å². The summed E-state index contributed by atoms with van der Waals surface area (Å²) in [5.74, 6) is -2.75. The largest absolute Gasteiger partial charge is 1.00 e. The van der Waals surface area contributed by atoms with Crippen molar-refractivity contribution in [2.75, 3.05) is 0 Å². The van der Waals surface area contributed by atoms with Gasteiger partial charge >= 0.3 is 24.8 Å². The van der Waals surface area contributed by atoms with Crippen molar-refractivity contribution in [3.63, 3.8) is 0 Å². The van der Waals surface area contributed by atoms with Crippen LogP contribution in [0.15, 0.2) is 24.3 Å². The van der Waals surface area contributed by atoms with Crippen LogP contribution in [0.1, 0.15) is 20.7 Å². The fourth-order valence-corrected chi connectivity index (χ4v) is 0.848. The molecule has 0 bridgehead atoms. The minimum absolute atomic E-state index is 0. The third kappa shape index (κ3) is 4.63. The van der Waals surface area contributed by atoms with Gasteiger partial charge in [-0.05, 0) is 6.07 Å². The van der Waals surface area contributed by atoms with Crippen molar-refractivity contribution in [3.05, 3.63) is 35.4 Å². The number of carbonyl (C=O) groups is 2. The van der Waals surface area contributed by atoms with Crippen LogP contribution in [0.5, 0.6) is 0 Å². The molecule has 0 aromatic heterocycles. The molecule has 6 nitrogen and oxygen atoms in total. The topological polar surface area (TPSA) is 140 Å². The van der Waals surface area contributed by atoms with E-state index in [1.54, 1.807) is 0 Å². The van der Waals surface area contributed by atoms with Gasteiger partial charge in [-0.2, -0.15) is 0 Å². The van der Waals surface area contributed by atoms with Crippen LogP contribution < -0.4 is 24.0 Å². The molecular weight excluding hydrogens is 199 g/mol. The van der Waals surface area contributed by atoms with E-state index in [0.29, 0.717) is 0 Å². The van der Waals surface area contributed by atoms with Crippen molar-refractivity contribution in [1.82, 2.24) is 0 Å². The van der Waals surface area contributed by atoms with E-state index in [9.17, 15) is 14.7 Å². The molecule has 1 aromatic rings. The molecule has 0 radical (unpaired) electrons. The van der Waals surface area contributed by atoms with Crippen LogP contribution in [0.2, 0.25) is 0 Å². The number of aromatic carboxylic acids is 2. The van der Waals surface area contributed by atoms with Crippen molar-refractivity contribution < 1.29 is 49.6 Å². The number of carbonyl (C=O) groups excluding carboxylic acids is 1. The Hall–Kier alpha value is -1.32. The molecule has 0 unspecified atom stereocenters. The predicted octanol–water partition coefficient (Wildman–Crippen LogP) is -4.90. The predicted molar refractivity (Wildman–Crippen MR) is 45.0 cm³/mol. The summed E-state index contributed by atoms with van der Waals surface area (Å²) in [5.41, 5.74) is -0.553. The van der Waals surface area contributed by atoms with Crippen molar-refractivity contribution in [2.45, 2.75) is 0 Å². The summed E-state index contributed by atoms with van der Waals surface area (Å²) < 4.78 is 0. The van der Waals surface area contributed by atoms with E-state index in [2.05, 4.69) is 0 Å². The summed E-state index contributed by atoms with van der Waals surface area (Å²) in [7, 11) is 0. The van der Waals surface area contributed by atoms with Gasteiger partial charge in [-0.25, -0.2) is 4.79 Å². The van der Waals surface area contributed by atoms with Crippen LogP contribution in [0, 0.1) is 0 Å². The van der Waals surface area contributed by atoms with Crippen LogP contribution in [0.25, 0.3) is 0 Å². The Kier molecular flexibility index (Phi) is 10.3. The summed E-state index contributed by atoms with van der Waals surface area (Å²) in [6, 6.07) is 5.31. The first kappa shape index (κ1) is 19.3. The number of benzene rings is 1. The first-order valence-electron chi connectivity index (χ1n) is 3.16. The second-order valence-corrected chi connectivity index (χ2v) is 2.14. The minimum Gasteiger partial charge on any atom is -0.545 e. The molecule has 0 heterocycles. The van der Waals surface area contributed by atoms with E-state index in [4.69, 9.17) is 5.11 Å². The molecule has 0 amide bonds. The van der Waals surface area contributed by atoms with Crippen LogP contribution in [0.3, 0.4) is 0 Å². The smallest absolute Gasteiger partial charge is 0.545 e. The molecule has 0 saturated carbocycles. The molecule has 7 heteroatoms. The van der Waals surface area contributed by atoms with Gasteiger partial charge in [0.25, 0.3) is 0 Å². The maximum absolute atomic E-state index is 10.4. The van der Waals surface area contributed by atoms with Gasteiger partial charge in [-0.15, -0.1) is 0 Å². The molecular formula is C8H9LiO6. The normalized spacial score (nSPS) is 7.47. The Morgan fingerprint density at radius 2 is 1.47 bits per heavy atom. The van der Waals surface area contributed by atoms with Gasteiger partial charge in [0.1, 0.15) is 0 Å². The molecule has 0 atom stereocenters. The SMILES string of the molecule is O.O.O=C([O-])c1ccccc1C(=O)O.[Li+]. The summed E-state index contributed by atoms with van der Waals surface area (Å²) in [5, 5.41) is 18.9. The van der Waals surface area contributed by atoms with Crippen molar-refractivity contribution in [2.24, 2.45) is 0 Å². The summed E-state index contributed by atoms with van der Waals surface area (Å²) >= 11 is 0. The zero-order valence-corrected chi connectivity index (χ0v) is 7.98. The van der Waals surface area contributed by atoms with Crippen molar-refractivity contribution in [3.8, 4) is 0 Å². The summed E-state index contributed by atoms with van der Waals surface area (Å²) in [4.78, 5) is 20.8. The van der Waals surface area contributed by atoms with Crippen LogP contribution in [-0.2, 0) is 0 Å². The molecule has 5 N–H and O–H groups in total. The van der Waals surface area contributed by atoms with Gasteiger partial charge in [0.2, 0.25) is 0 Å². The van der Waals surface area contributed by atoms with E-state index in [-0.39, 0.29) is 40.9 Å². The standard InChI is InChI=1S/C8H6O4.Li.2H2O/c9-7(10)5-3-1-2-4-6(5)8(11)12;;;/h1-4H,(H,9,10)(H,11,12);;2*1H2/q;+1;;/p-1. The first-order valence-corrected chi connectivity index (χ1v) is 3.16. The van der Waals surface area contributed by atoms with Crippen LogP contribution >= 0.6 is 0 Å². The van der Waals surface area contributed by atoms with Crippen LogP contribution in [-0.4, -0.2) is 28.0 Å². The van der Waals surface area contributed by atoms with E-state index in [1.807, 2.05) is 0 Å². The summed E-state index contributed by atoms with van der Waals surface area (Å²) in [6.45, 7) is 0. The Morgan fingerprint density at radius 3 is 1.73 bits per heavy atom. The maximum Gasteiger partial charge on any atom is 1.00 e. The van der Waals surface area contributed by atoms with Gasteiger partial charge in [0, 0.05) is 5.56 Å². The average Bonchev–Trinajstić information content (AvgIpc) is 2.04. The van der Waals surface area contributed by atoms with E-state index in [0.717, 1.165) is 0 Å². The maximum atomic E-state index is 10.4. The number of hydrogen-bond acceptors (Lipinski definition) is 3. The second-order valence-electron chi connectivity index (χ2n) is 2.14. The Labute approximate surface area is 97.3 Å². The van der Waals surface area contributed by atoms with E-state index >= 15 is 0 Å². The molecule has 15 heavy (non-hydrogen) atoms. The Balaban J connectivity index is -0.000000480. The molecule has 0 fully saturated rings. The average molecular weight is 208 g/mol. The second kappa shape index (κ2) is 8.02. The fourth-order valence-electron chi connectivity index (χ4n) is 0.848. The van der Waals surface area contributed by atoms with Gasteiger partial charge < -0.3 is 26.0 Å². The zero-order chi connectivity index (χ0) is 9.14. The molecule has 0 aliphatic rings. The molecule has 0 aliphatic heterocycles. The molecule has 1 rings (SSSR count). The van der Waals surface area contributed by atoms with Gasteiger partial charge in [-0.1, -0.05) is 18.2 Å². The molecule has 78 valence electrons. The van der Waals surface area contributed by atoms with E-state index < -0.39 is 11.9 Å². The van der Waals surface area contributed by atoms with Gasteiger partial charge in [0.05, 0.1) is 11.5 Å². The zero-order valence-electron chi connectivity index (χ0n) is 7.98. The van der Waals surface area contributed by atoms with E-state index in [1.165, 1.54) is 24.3 Å². The molecule has 0 aliphatic carbocycles. The third-order valence-electron chi connectivity index (χ3n) is 1.38. The Morgan fingerprint density at radius 1 is 1.07 bits per heavy atom. The van der Waals surface area contributed by atoms with Crippen molar-refractivity contribution in [1.29, 1.82) is 0 Å².